The maximum atomic E-state index is 12.9. The second-order valence-corrected chi connectivity index (χ2v) is 7.53. The fourth-order valence-electron chi connectivity index (χ4n) is 3.45. The Morgan fingerprint density at radius 1 is 0.906 bits per heavy atom. The van der Waals surface area contributed by atoms with Crippen LogP contribution in [0.15, 0.2) is 72.9 Å². The number of hydrazine groups is 1. The summed E-state index contributed by atoms with van der Waals surface area (Å²) < 4.78 is 3.31. The molecular weight excluding hydrogens is 404 g/mol. The smallest absolute Gasteiger partial charge is 0.271 e. The van der Waals surface area contributed by atoms with E-state index in [0.717, 1.165) is 22.5 Å². The van der Waals surface area contributed by atoms with Gasteiger partial charge < -0.3 is 0 Å². The van der Waals surface area contributed by atoms with Crippen LogP contribution in [-0.4, -0.2) is 31.4 Å². The standard InChI is InChI=1S/C24H24N6O2/c1-17-13-18(2)30(27-17)16-22(31)25-26-24(32)21-15-29(14-19-9-5-3-6-10-19)28-23(21)20-11-7-4-8-12-20/h3-13,15H,14,16H2,1-2H3,(H,25,31)(H,26,32). The van der Waals surface area contributed by atoms with Crippen LogP contribution in [0.3, 0.4) is 0 Å². The van der Waals surface area contributed by atoms with E-state index in [2.05, 4.69) is 21.0 Å². The Morgan fingerprint density at radius 2 is 1.59 bits per heavy atom. The normalized spacial score (nSPS) is 10.7. The van der Waals surface area contributed by atoms with Crippen molar-refractivity contribution >= 4 is 11.8 Å². The Bertz CT molecular complexity index is 1230. The van der Waals surface area contributed by atoms with Crippen molar-refractivity contribution in [2.45, 2.75) is 26.9 Å². The number of amides is 2. The Labute approximate surface area is 185 Å². The molecule has 0 bridgehead atoms. The Balaban J connectivity index is 1.51. The van der Waals surface area contributed by atoms with Crippen molar-refractivity contribution in [3.63, 3.8) is 0 Å². The van der Waals surface area contributed by atoms with Crippen molar-refractivity contribution in [3.05, 3.63) is 95.4 Å². The van der Waals surface area contributed by atoms with Gasteiger partial charge in [0.2, 0.25) is 0 Å². The largest absolute Gasteiger partial charge is 0.273 e. The number of nitrogens with one attached hydrogen (secondary N) is 2. The topological polar surface area (TPSA) is 93.8 Å². The highest BCUT2D eigenvalue weighted by atomic mass is 16.2. The number of hydrogen-bond acceptors (Lipinski definition) is 4. The first-order valence-electron chi connectivity index (χ1n) is 10.3. The molecule has 4 rings (SSSR count). The summed E-state index contributed by atoms with van der Waals surface area (Å²) in [7, 11) is 0. The van der Waals surface area contributed by atoms with Gasteiger partial charge in [0.15, 0.2) is 0 Å². The molecule has 0 aliphatic carbocycles. The second kappa shape index (κ2) is 9.30. The summed E-state index contributed by atoms with van der Waals surface area (Å²) in [5.74, 6) is -0.813. The number of aryl methyl sites for hydroxylation is 2. The van der Waals surface area contributed by atoms with E-state index in [9.17, 15) is 9.59 Å². The van der Waals surface area contributed by atoms with Crippen LogP contribution in [0.2, 0.25) is 0 Å². The summed E-state index contributed by atoms with van der Waals surface area (Å²) in [6, 6.07) is 21.3. The number of nitrogens with zero attached hydrogens (tertiary/aromatic N) is 4. The van der Waals surface area contributed by atoms with Gasteiger partial charge in [-0.05, 0) is 25.5 Å². The Kier molecular flexibility index (Phi) is 6.12. The molecule has 0 aliphatic heterocycles. The minimum atomic E-state index is -0.440. The number of rotatable bonds is 6. The van der Waals surface area contributed by atoms with Gasteiger partial charge in [0.05, 0.1) is 17.8 Å². The van der Waals surface area contributed by atoms with Gasteiger partial charge in [-0.25, -0.2) is 0 Å². The molecule has 0 aliphatic rings. The monoisotopic (exact) mass is 428 g/mol. The van der Waals surface area contributed by atoms with E-state index in [1.54, 1.807) is 15.6 Å². The second-order valence-electron chi connectivity index (χ2n) is 7.53. The SMILES string of the molecule is Cc1cc(C)n(CC(=O)NNC(=O)c2cn(Cc3ccccc3)nc2-c2ccccc2)n1. The molecule has 2 amide bonds. The Morgan fingerprint density at radius 3 is 2.25 bits per heavy atom. The highest BCUT2D eigenvalue weighted by Gasteiger charge is 2.19. The molecule has 2 heterocycles. The summed E-state index contributed by atoms with van der Waals surface area (Å²) >= 11 is 0. The van der Waals surface area contributed by atoms with E-state index >= 15 is 0 Å². The molecule has 0 spiro atoms. The van der Waals surface area contributed by atoms with Gasteiger partial charge in [0.25, 0.3) is 11.8 Å². The van der Waals surface area contributed by atoms with Gasteiger partial charge in [-0.1, -0.05) is 60.7 Å². The predicted molar refractivity (Wildman–Crippen MR) is 121 cm³/mol. The minimum Gasteiger partial charge on any atom is -0.271 e. The first-order chi connectivity index (χ1) is 15.5. The fraction of sp³-hybridized carbons (Fsp3) is 0.167. The van der Waals surface area contributed by atoms with Crippen molar-refractivity contribution in [1.82, 2.24) is 30.4 Å². The molecule has 8 heteroatoms. The van der Waals surface area contributed by atoms with Crippen LogP contribution < -0.4 is 10.9 Å². The van der Waals surface area contributed by atoms with Crippen LogP contribution in [0.25, 0.3) is 11.3 Å². The molecular formula is C24H24N6O2. The van der Waals surface area contributed by atoms with Crippen LogP contribution in [0, 0.1) is 13.8 Å². The number of hydrogen-bond donors (Lipinski definition) is 2. The lowest BCUT2D eigenvalue weighted by Gasteiger charge is -2.08. The zero-order valence-corrected chi connectivity index (χ0v) is 17.9. The average Bonchev–Trinajstić information content (AvgIpc) is 3.35. The van der Waals surface area contributed by atoms with E-state index in [-0.39, 0.29) is 12.5 Å². The predicted octanol–water partition coefficient (Wildman–Crippen LogP) is 2.87. The number of benzene rings is 2. The molecule has 0 unspecified atom stereocenters. The molecule has 32 heavy (non-hydrogen) atoms. The molecule has 2 aromatic carbocycles. The molecule has 2 N–H and O–H groups in total. The van der Waals surface area contributed by atoms with Gasteiger partial charge in [-0.3, -0.25) is 29.8 Å². The maximum absolute atomic E-state index is 12.9. The molecule has 2 aromatic heterocycles. The third-order valence-corrected chi connectivity index (χ3v) is 4.95. The van der Waals surface area contributed by atoms with Crippen molar-refractivity contribution in [2.24, 2.45) is 0 Å². The number of carbonyl (C=O) groups excluding carboxylic acids is 2. The summed E-state index contributed by atoms with van der Waals surface area (Å²) in [5.41, 5.74) is 9.48. The highest BCUT2D eigenvalue weighted by molar-refractivity contribution is 6.00. The van der Waals surface area contributed by atoms with Gasteiger partial charge in [0, 0.05) is 17.5 Å². The quantitative estimate of drug-likeness (QED) is 0.462. The lowest BCUT2D eigenvalue weighted by molar-refractivity contribution is -0.122. The summed E-state index contributed by atoms with van der Waals surface area (Å²) in [5, 5.41) is 8.90. The van der Waals surface area contributed by atoms with Gasteiger partial charge >= 0.3 is 0 Å². The van der Waals surface area contributed by atoms with Crippen LogP contribution in [-0.2, 0) is 17.9 Å². The molecule has 0 atom stereocenters. The van der Waals surface area contributed by atoms with Crippen LogP contribution in [0.1, 0.15) is 27.3 Å². The number of aromatic nitrogens is 4. The minimum absolute atomic E-state index is 0.0127. The van der Waals surface area contributed by atoms with Gasteiger partial charge in [0.1, 0.15) is 12.2 Å². The molecule has 0 fully saturated rings. The van der Waals surface area contributed by atoms with Crippen LogP contribution in [0.4, 0.5) is 0 Å². The van der Waals surface area contributed by atoms with E-state index < -0.39 is 5.91 Å². The van der Waals surface area contributed by atoms with Crippen molar-refractivity contribution < 1.29 is 9.59 Å². The molecule has 0 saturated heterocycles. The zero-order valence-electron chi connectivity index (χ0n) is 17.9. The molecule has 0 saturated carbocycles. The molecule has 0 radical (unpaired) electrons. The zero-order chi connectivity index (χ0) is 22.5. The first kappa shape index (κ1) is 21.0. The fourth-order valence-corrected chi connectivity index (χ4v) is 3.45. The third kappa shape index (κ3) is 4.92. The maximum Gasteiger partial charge on any atom is 0.273 e. The van der Waals surface area contributed by atoms with Gasteiger partial charge in [-0.2, -0.15) is 10.2 Å². The van der Waals surface area contributed by atoms with E-state index in [0.29, 0.717) is 17.8 Å². The van der Waals surface area contributed by atoms with Crippen molar-refractivity contribution in [3.8, 4) is 11.3 Å². The summed E-state index contributed by atoms with van der Waals surface area (Å²) in [6.45, 7) is 4.28. The van der Waals surface area contributed by atoms with Crippen LogP contribution >= 0.6 is 0 Å². The highest BCUT2D eigenvalue weighted by Crippen LogP contribution is 2.22. The molecule has 162 valence electrons. The van der Waals surface area contributed by atoms with E-state index in [4.69, 9.17) is 0 Å². The lowest BCUT2D eigenvalue weighted by Crippen LogP contribution is -2.43. The summed E-state index contributed by atoms with van der Waals surface area (Å²) in [4.78, 5) is 25.2. The van der Waals surface area contributed by atoms with Crippen LogP contribution in [0.5, 0.6) is 0 Å². The van der Waals surface area contributed by atoms with Crippen molar-refractivity contribution in [1.29, 1.82) is 0 Å². The average molecular weight is 428 g/mol. The number of carbonyl (C=O) groups is 2. The van der Waals surface area contributed by atoms with E-state index in [1.807, 2.05) is 80.6 Å². The molecule has 4 aromatic rings. The van der Waals surface area contributed by atoms with E-state index in [1.165, 1.54) is 0 Å². The summed E-state index contributed by atoms with van der Waals surface area (Å²) in [6.07, 6.45) is 1.69. The lowest BCUT2D eigenvalue weighted by atomic mass is 10.1. The third-order valence-electron chi connectivity index (χ3n) is 4.95. The van der Waals surface area contributed by atoms with Gasteiger partial charge in [-0.15, -0.1) is 0 Å². The molecule has 8 nitrogen and oxygen atoms in total. The first-order valence-corrected chi connectivity index (χ1v) is 10.3. The Hall–Kier alpha value is -4.20. The van der Waals surface area contributed by atoms with Crippen molar-refractivity contribution in [2.75, 3.05) is 0 Å².